The number of methoxy groups -OCH3 is 1. The predicted molar refractivity (Wildman–Crippen MR) is 65.5 cm³/mol. The van der Waals surface area contributed by atoms with Gasteiger partial charge in [-0.3, -0.25) is 9.69 Å². The Morgan fingerprint density at radius 1 is 1.47 bits per heavy atom. The molecule has 0 spiro atoms. The summed E-state index contributed by atoms with van der Waals surface area (Å²) in [4.78, 5) is 13.8. The highest BCUT2D eigenvalue weighted by Gasteiger charge is 2.29. The Bertz CT molecular complexity index is 367. The van der Waals surface area contributed by atoms with Crippen LogP contribution in [0.1, 0.15) is 5.56 Å². The van der Waals surface area contributed by atoms with E-state index in [9.17, 15) is 4.79 Å². The summed E-state index contributed by atoms with van der Waals surface area (Å²) < 4.78 is 4.84. The van der Waals surface area contributed by atoms with Crippen molar-refractivity contribution < 1.29 is 9.53 Å². The van der Waals surface area contributed by atoms with Crippen LogP contribution in [0, 0.1) is 0 Å². The molecule has 1 aliphatic heterocycles. The largest absolute Gasteiger partial charge is 0.468 e. The first-order valence-electron chi connectivity index (χ1n) is 5.88. The van der Waals surface area contributed by atoms with E-state index >= 15 is 0 Å². The lowest BCUT2D eigenvalue weighted by Gasteiger charge is -2.34. The van der Waals surface area contributed by atoms with Crippen molar-refractivity contribution in [1.29, 1.82) is 0 Å². The summed E-state index contributed by atoms with van der Waals surface area (Å²) in [5, 5.41) is 3.22. The third kappa shape index (κ3) is 3.05. The molecule has 0 radical (unpaired) electrons. The van der Waals surface area contributed by atoms with Crippen molar-refractivity contribution in [3.05, 3.63) is 35.9 Å². The molecule has 4 nitrogen and oxygen atoms in total. The van der Waals surface area contributed by atoms with Crippen molar-refractivity contribution >= 4 is 5.97 Å². The molecule has 4 heteroatoms. The zero-order valence-electron chi connectivity index (χ0n) is 10.1. The molecule has 0 aliphatic carbocycles. The summed E-state index contributed by atoms with van der Waals surface area (Å²) in [6.07, 6.45) is 0. The Labute approximate surface area is 102 Å². The lowest BCUT2D eigenvalue weighted by Crippen LogP contribution is -2.54. The highest BCUT2D eigenvalue weighted by Crippen LogP contribution is 2.11. The van der Waals surface area contributed by atoms with Crippen molar-refractivity contribution in [1.82, 2.24) is 10.2 Å². The van der Waals surface area contributed by atoms with Gasteiger partial charge in [0.25, 0.3) is 0 Å². The van der Waals surface area contributed by atoms with E-state index in [-0.39, 0.29) is 12.0 Å². The Kier molecular flexibility index (Phi) is 4.12. The SMILES string of the molecule is COC(=O)[C@H]1CNCCN1Cc1ccccc1. The van der Waals surface area contributed by atoms with Crippen LogP contribution < -0.4 is 5.32 Å². The zero-order chi connectivity index (χ0) is 12.1. The van der Waals surface area contributed by atoms with Gasteiger partial charge >= 0.3 is 5.97 Å². The minimum absolute atomic E-state index is 0.159. The minimum Gasteiger partial charge on any atom is -0.468 e. The number of piperazine rings is 1. The van der Waals surface area contributed by atoms with E-state index in [1.54, 1.807) is 0 Å². The molecule has 1 aliphatic rings. The second-order valence-corrected chi connectivity index (χ2v) is 4.20. The van der Waals surface area contributed by atoms with Gasteiger partial charge in [0.05, 0.1) is 7.11 Å². The van der Waals surface area contributed by atoms with Crippen LogP contribution in [0.2, 0.25) is 0 Å². The quantitative estimate of drug-likeness (QED) is 0.779. The summed E-state index contributed by atoms with van der Waals surface area (Å²) in [5.41, 5.74) is 1.23. The monoisotopic (exact) mass is 234 g/mol. The maximum absolute atomic E-state index is 11.7. The van der Waals surface area contributed by atoms with Gasteiger partial charge in [0.1, 0.15) is 6.04 Å². The van der Waals surface area contributed by atoms with E-state index in [4.69, 9.17) is 4.74 Å². The van der Waals surface area contributed by atoms with Crippen LogP contribution in [0.3, 0.4) is 0 Å². The Hall–Kier alpha value is -1.39. The van der Waals surface area contributed by atoms with Gasteiger partial charge in [0.15, 0.2) is 0 Å². The zero-order valence-corrected chi connectivity index (χ0v) is 10.1. The fourth-order valence-electron chi connectivity index (χ4n) is 2.12. The van der Waals surface area contributed by atoms with Gasteiger partial charge in [0.2, 0.25) is 0 Å². The first-order chi connectivity index (χ1) is 8.31. The van der Waals surface area contributed by atoms with Crippen molar-refractivity contribution in [2.45, 2.75) is 12.6 Å². The molecular weight excluding hydrogens is 216 g/mol. The lowest BCUT2D eigenvalue weighted by atomic mass is 10.1. The number of esters is 1. The van der Waals surface area contributed by atoms with Crippen molar-refractivity contribution in [3.63, 3.8) is 0 Å². The number of ether oxygens (including phenoxy) is 1. The Balaban J connectivity index is 2.04. The number of hydrogen-bond acceptors (Lipinski definition) is 4. The summed E-state index contributed by atoms with van der Waals surface area (Å²) in [6.45, 7) is 3.25. The van der Waals surface area contributed by atoms with Crippen LogP contribution in [0.5, 0.6) is 0 Å². The van der Waals surface area contributed by atoms with Gasteiger partial charge in [-0.1, -0.05) is 30.3 Å². The van der Waals surface area contributed by atoms with E-state index in [0.29, 0.717) is 6.54 Å². The van der Waals surface area contributed by atoms with Gasteiger partial charge in [-0.2, -0.15) is 0 Å². The van der Waals surface area contributed by atoms with E-state index in [1.165, 1.54) is 12.7 Å². The predicted octanol–water partition coefficient (Wildman–Crippen LogP) is 0.633. The fourth-order valence-corrected chi connectivity index (χ4v) is 2.12. The summed E-state index contributed by atoms with van der Waals surface area (Å²) in [7, 11) is 1.44. The van der Waals surface area contributed by atoms with Crippen LogP contribution in [-0.4, -0.2) is 43.7 Å². The Morgan fingerprint density at radius 2 is 2.24 bits per heavy atom. The first-order valence-corrected chi connectivity index (χ1v) is 5.88. The molecule has 2 rings (SSSR count). The summed E-state index contributed by atoms with van der Waals surface area (Å²) in [5.74, 6) is -0.159. The molecule has 1 heterocycles. The number of nitrogens with zero attached hydrogens (tertiary/aromatic N) is 1. The molecule has 1 aromatic rings. The maximum atomic E-state index is 11.7. The lowest BCUT2D eigenvalue weighted by molar-refractivity contribution is -0.147. The van der Waals surface area contributed by atoms with E-state index in [2.05, 4.69) is 22.3 Å². The van der Waals surface area contributed by atoms with Gasteiger partial charge in [-0.15, -0.1) is 0 Å². The molecule has 1 saturated heterocycles. The maximum Gasteiger partial charge on any atom is 0.324 e. The molecule has 1 atom stereocenters. The molecule has 1 aromatic carbocycles. The molecule has 0 amide bonds. The molecule has 1 fully saturated rings. The van der Waals surface area contributed by atoms with Crippen molar-refractivity contribution in [2.24, 2.45) is 0 Å². The molecule has 0 bridgehead atoms. The average molecular weight is 234 g/mol. The standard InChI is InChI=1S/C13H18N2O2/c1-17-13(16)12-9-14-7-8-15(12)10-11-5-3-2-4-6-11/h2-6,12,14H,7-10H2,1H3/t12-/m1/s1. The third-order valence-corrected chi connectivity index (χ3v) is 3.06. The second-order valence-electron chi connectivity index (χ2n) is 4.20. The average Bonchev–Trinajstić information content (AvgIpc) is 2.40. The highest BCUT2D eigenvalue weighted by molar-refractivity contribution is 5.76. The highest BCUT2D eigenvalue weighted by atomic mass is 16.5. The molecule has 92 valence electrons. The number of carbonyl (C=O) groups excluding carboxylic acids is 1. The van der Waals surface area contributed by atoms with Gasteiger partial charge in [0, 0.05) is 26.2 Å². The van der Waals surface area contributed by atoms with Crippen molar-refractivity contribution in [2.75, 3.05) is 26.7 Å². The summed E-state index contributed by atoms with van der Waals surface area (Å²) >= 11 is 0. The van der Waals surface area contributed by atoms with Crippen LogP contribution in [0.15, 0.2) is 30.3 Å². The van der Waals surface area contributed by atoms with Gasteiger partial charge in [-0.05, 0) is 5.56 Å². The topological polar surface area (TPSA) is 41.6 Å². The molecule has 0 aromatic heterocycles. The van der Waals surface area contributed by atoms with Gasteiger partial charge < -0.3 is 10.1 Å². The van der Waals surface area contributed by atoms with E-state index < -0.39 is 0 Å². The number of carbonyl (C=O) groups is 1. The van der Waals surface area contributed by atoms with Crippen LogP contribution >= 0.6 is 0 Å². The minimum atomic E-state index is -0.172. The van der Waals surface area contributed by atoms with Crippen LogP contribution in [0.4, 0.5) is 0 Å². The molecule has 0 saturated carbocycles. The number of rotatable bonds is 3. The molecular formula is C13H18N2O2. The normalized spacial score (nSPS) is 21.1. The number of benzene rings is 1. The Morgan fingerprint density at radius 3 is 2.94 bits per heavy atom. The number of hydrogen-bond donors (Lipinski definition) is 1. The van der Waals surface area contributed by atoms with Crippen molar-refractivity contribution in [3.8, 4) is 0 Å². The third-order valence-electron chi connectivity index (χ3n) is 3.06. The van der Waals surface area contributed by atoms with E-state index in [1.807, 2.05) is 18.2 Å². The second kappa shape index (κ2) is 5.80. The van der Waals surface area contributed by atoms with Gasteiger partial charge in [-0.25, -0.2) is 0 Å². The molecule has 1 N–H and O–H groups in total. The first kappa shape index (κ1) is 12.1. The van der Waals surface area contributed by atoms with Crippen LogP contribution in [0.25, 0.3) is 0 Å². The smallest absolute Gasteiger partial charge is 0.324 e. The fraction of sp³-hybridized carbons (Fsp3) is 0.462. The summed E-state index contributed by atoms with van der Waals surface area (Å²) in [6, 6.07) is 10.0. The van der Waals surface area contributed by atoms with Crippen LogP contribution in [-0.2, 0) is 16.1 Å². The molecule has 17 heavy (non-hydrogen) atoms. The number of nitrogens with one attached hydrogen (secondary N) is 1. The molecule has 0 unspecified atom stereocenters. The van der Waals surface area contributed by atoms with E-state index in [0.717, 1.165) is 19.6 Å².